The first-order chi connectivity index (χ1) is 11.9. The van der Waals surface area contributed by atoms with E-state index in [1.54, 1.807) is 12.7 Å². The highest BCUT2D eigenvalue weighted by atomic mass is 16.6. The molecule has 0 spiro atoms. The van der Waals surface area contributed by atoms with Gasteiger partial charge in [0.2, 0.25) is 0 Å². The van der Waals surface area contributed by atoms with E-state index in [0.29, 0.717) is 16.7 Å². The van der Waals surface area contributed by atoms with Crippen LogP contribution >= 0.6 is 0 Å². The molecule has 3 nitrogen and oxygen atoms in total. The minimum absolute atomic E-state index is 0.103. The Labute approximate surface area is 152 Å². The zero-order valence-electron chi connectivity index (χ0n) is 16.4. The van der Waals surface area contributed by atoms with Crippen molar-refractivity contribution in [3.63, 3.8) is 0 Å². The largest absolute Gasteiger partial charge is 0.399 e. The lowest BCUT2D eigenvalue weighted by molar-refractivity contribution is -0.0426. The molecule has 4 rings (SSSR count). The van der Waals surface area contributed by atoms with Gasteiger partial charge in [0.1, 0.15) is 7.11 Å². The smallest absolute Gasteiger partial charge is 0.106 e. The van der Waals surface area contributed by atoms with E-state index in [1.807, 2.05) is 0 Å². The van der Waals surface area contributed by atoms with E-state index < -0.39 is 0 Å². The average Bonchev–Trinajstić information content (AvgIpc) is 2.93. The maximum atomic E-state index is 10.1. The second-order valence-electron chi connectivity index (χ2n) is 9.75. The zero-order valence-corrected chi connectivity index (χ0v) is 16.4. The Kier molecular flexibility index (Phi) is 4.30. The molecule has 0 amide bonds. The standard InChI is InChI=1S/C22H35NO2/c1-14(23-25-4)18-7-8-19-17-6-5-15-13-16(24)9-11-21(15,2)20(17)10-12-22(18,19)3/h5,16-20,24H,6-13H2,1-4H3/b23-14+. The molecule has 0 saturated heterocycles. The molecule has 0 aromatic heterocycles. The van der Waals surface area contributed by atoms with Gasteiger partial charge in [0.25, 0.3) is 0 Å². The Morgan fingerprint density at radius 2 is 1.96 bits per heavy atom. The van der Waals surface area contributed by atoms with Crippen LogP contribution in [0.2, 0.25) is 0 Å². The number of nitrogens with zero attached hydrogens (tertiary/aromatic N) is 1. The molecule has 4 aliphatic rings. The Bertz CT molecular complexity index is 597. The van der Waals surface area contributed by atoms with Crippen LogP contribution in [0.4, 0.5) is 0 Å². The van der Waals surface area contributed by atoms with E-state index in [1.165, 1.54) is 44.2 Å². The lowest BCUT2D eigenvalue weighted by Crippen LogP contribution is -2.50. The fourth-order valence-corrected chi connectivity index (χ4v) is 7.54. The lowest BCUT2D eigenvalue weighted by Gasteiger charge is -2.58. The minimum atomic E-state index is -0.103. The van der Waals surface area contributed by atoms with E-state index in [4.69, 9.17) is 4.84 Å². The molecular weight excluding hydrogens is 310 g/mol. The van der Waals surface area contributed by atoms with Crippen LogP contribution in [0.25, 0.3) is 0 Å². The van der Waals surface area contributed by atoms with Gasteiger partial charge in [0.05, 0.1) is 11.8 Å². The number of hydrogen-bond acceptors (Lipinski definition) is 3. The predicted octanol–water partition coefficient (Wildman–Crippen LogP) is 4.95. The Morgan fingerprint density at radius 1 is 1.16 bits per heavy atom. The van der Waals surface area contributed by atoms with E-state index in [9.17, 15) is 5.11 Å². The summed E-state index contributed by atoms with van der Waals surface area (Å²) < 4.78 is 0. The van der Waals surface area contributed by atoms with Crippen molar-refractivity contribution in [1.82, 2.24) is 0 Å². The quantitative estimate of drug-likeness (QED) is 0.437. The van der Waals surface area contributed by atoms with Crippen LogP contribution in [0.3, 0.4) is 0 Å². The first kappa shape index (κ1) is 17.6. The molecule has 3 fully saturated rings. The topological polar surface area (TPSA) is 41.8 Å². The number of allylic oxidation sites excluding steroid dienone is 1. The highest BCUT2D eigenvalue weighted by Crippen LogP contribution is 2.66. The molecule has 0 bridgehead atoms. The van der Waals surface area contributed by atoms with E-state index in [-0.39, 0.29) is 6.10 Å². The molecule has 0 aliphatic heterocycles. The summed E-state index contributed by atoms with van der Waals surface area (Å²) in [5.41, 5.74) is 3.51. The van der Waals surface area contributed by atoms with Crippen molar-refractivity contribution >= 4 is 5.71 Å². The van der Waals surface area contributed by atoms with Gasteiger partial charge in [-0.3, -0.25) is 0 Å². The van der Waals surface area contributed by atoms with Crippen LogP contribution in [-0.2, 0) is 4.84 Å². The molecule has 0 heterocycles. The Morgan fingerprint density at radius 3 is 2.72 bits per heavy atom. The van der Waals surface area contributed by atoms with E-state index in [0.717, 1.165) is 30.6 Å². The van der Waals surface area contributed by atoms with Crippen LogP contribution < -0.4 is 0 Å². The molecule has 3 heteroatoms. The van der Waals surface area contributed by atoms with Gasteiger partial charge in [0.15, 0.2) is 0 Å². The maximum Gasteiger partial charge on any atom is 0.106 e. The number of aliphatic hydroxyl groups is 1. The second kappa shape index (κ2) is 6.11. The number of rotatable bonds is 2. The number of aliphatic hydroxyl groups excluding tert-OH is 1. The summed E-state index contributed by atoms with van der Waals surface area (Å²) in [6.45, 7) is 7.21. The third-order valence-corrected chi connectivity index (χ3v) is 8.82. The third kappa shape index (κ3) is 2.52. The van der Waals surface area contributed by atoms with Crippen LogP contribution in [0.1, 0.15) is 72.1 Å². The van der Waals surface area contributed by atoms with Crippen molar-refractivity contribution in [1.29, 1.82) is 0 Å². The van der Waals surface area contributed by atoms with E-state index >= 15 is 0 Å². The summed E-state index contributed by atoms with van der Waals surface area (Å²) in [7, 11) is 1.67. The van der Waals surface area contributed by atoms with Crippen molar-refractivity contribution in [3.8, 4) is 0 Å². The predicted molar refractivity (Wildman–Crippen MR) is 101 cm³/mol. The third-order valence-electron chi connectivity index (χ3n) is 8.82. The summed E-state index contributed by atoms with van der Waals surface area (Å²) in [5, 5.41) is 14.4. The van der Waals surface area contributed by atoms with Crippen LogP contribution in [-0.4, -0.2) is 24.0 Å². The van der Waals surface area contributed by atoms with Crippen molar-refractivity contribution in [2.45, 2.75) is 78.2 Å². The number of fused-ring (bicyclic) bond motifs is 5. The first-order valence-corrected chi connectivity index (χ1v) is 10.4. The summed E-state index contributed by atoms with van der Waals surface area (Å²) in [5.74, 6) is 3.05. The fourth-order valence-electron chi connectivity index (χ4n) is 7.54. The normalized spacial score (nSPS) is 49.7. The molecule has 0 radical (unpaired) electrons. The van der Waals surface area contributed by atoms with Gasteiger partial charge in [-0.25, -0.2) is 0 Å². The van der Waals surface area contributed by atoms with Crippen molar-refractivity contribution < 1.29 is 9.94 Å². The maximum absolute atomic E-state index is 10.1. The summed E-state index contributed by atoms with van der Waals surface area (Å²) in [4.78, 5) is 5.10. The van der Waals surface area contributed by atoms with E-state index in [2.05, 4.69) is 32.0 Å². The van der Waals surface area contributed by atoms with Gasteiger partial charge < -0.3 is 9.94 Å². The molecule has 7 unspecified atom stereocenters. The van der Waals surface area contributed by atoms with Gasteiger partial charge in [-0.2, -0.15) is 0 Å². The number of oxime groups is 1. The highest BCUT2D eigenvalue weighted by molar-refractivity contribution is 5.85. The highest BCUT2D eigenvalue weighted by Gasteiger charge is 2.59. The molecule has 4 aliphatic carbocycles. The van der Waals surface area contributed by atoms with Gasteiger partial charge in [0, 0.05) is 5.92 Å². The molecule has 0 aromatic carbocycles. The minimum Gasteiger partial charge on any atom is -0.399 e. The molecule has 3 saturated carbocycles. The second-order valence-corrected chi connectivity index (χ2v) is 9.75. The Hall–Kier alpha value is -0.830. The SMILES string of the molecule is CO/N=C(\C)C1CCC2C3CC=C4CC(O)CCC4(C)C3CCC12C. The molecule has 0 aromatic rings. The monoisotopic (exact) mass is 345 g/mol. The summed E-state index contributed by atoms with van der Waals surface area (Å²) in [6.07, 6.45) is 12.0. The van der Waals surface area contributed by atoms with Gasteiger partial charge in [-0.15, -0.1) is 0 Å². The molecule has 1 N–H and O–H groups in total. The first-order valence-electron chi connectivity index (χ1n) is 10.4. The van der Waals surface area contributed by atoms with Crippen LogP contribution in [0, 0.1) is 34.5 Å². The molecular formula is C22H35NO2. The molecule has 140 valence electrons. The lowest BCUT2D eigenvalue weighted by atomic mass is 9.47. The van der Waals surface area contributed by atoms with Crippen LogP contribution in [0.15, 0.2) is 16.8 Å². The zero-order chi connectivity index (χ0) is 17.8. The summed E-state index contributed by atoms with van der Waals surface area (Å²) in [6, 6.07) is 0. The molecule has 7 atom stereocenters. The van der Waals surface area contributed by atoms with Crippen molar-refractivity contribution in [2.75, 3.05) is 7.11 Å². The average molecular weight is 346 g/mol. The Balaban J connectivity index is 1.63. The van der Waals surface area contributed by atoms with Crippen molar-refractivity contribution in [2.24, 2.45) is 39.7 Å². The fraction of sp³-hybridized carbons (Fsp3) is 0.864. The van der Waals surface area contributed by atoms with Crippen LogP contribution in [0.5, 0.6) is 0 Å². The van der Waals surface area contributed by atoms with Gasteiger partial charge >= 0.3 is 0 Å². The molecule has 25 heavy (non-hydrogen) atoms. The van der Waals surface area contributed by atoms with Crippen molar-refractivity contribution in [3.05, 3.63) is 11.6 Å². The van der Waals surface area contributed by atoms with Gasteiger partial charge in [-0.05, 0) is 86.9 Å². The number of hydrogen-bond donors (Lipinski definition) is 1. The summed E-state index contributed by atoms with van der Waals surface area (Å²) >= 11 is 0. The van der Waals surface area contributed by atoms with Gasteiger partial charge in [-0.1, -0.05) is 30.7 Å².